The second-order valence-electron chi connectivity index (χ2n) is 20.6. The molecule has 0 spiro atoms. The minimum absolute atomic E-state index is 0.0598. The summed E-state index contributed by atoms with van der Waals surface area (Å²) in [5.74, 6) is -3.14. The minimum atomic E-state index is -1.90. The van der Waals surface area contributed by atoms with Gasteiger partial charge in [0, 0.05) is 19.3 Å². The third kappa shape index (κ3) is 41.2. The van der Waals surface area contributed by atoms with Gasteiger partial charge in [-0.15, -0.1) is 0 Å². The summed E-state index contributed by atoms with van der Waals surface area (Å²) in [6.45, 7) is 5.88. The maximum atomic E-state index is 13.1. The van der Waals surface area contributed by atoms with Crippen molar-refractivity contribution in [3.63, 3.8) is 0 Å². The molecule has 0 aromatic heterocycles. The molecule has 0 amide bonds. The molecule has 6 unspecified atom stereocenters. The minimum Gasteiger partial charge on any atom is -0.479 e. The number of carbonyl (C=O) groups is 4. The van der Waals surface area contributed by atoms with Crippen molar-refractivity contribution in [2.75, 3.05) is 13.2 Å². The van der Waals surface area contributed by atoms with E-state index in [9.17, 15) is 34.5 Å². The Labute approximate surface area is 456 Å². The summed E-state index contributed by atoms with van der Waals surface area (Å²) in [6.07, 6.45) is 50.4. The SMILES string of the molecule is CCC/C=C\C/C=C\CCCCCCCC(=O)OC(COC(=O)CCCCCCCC/C=C\C/C=C\C/C=C\CCCCC)COC1OC(C(=O)O)C(O)C(O)C1OC(=O)CCCCCCCCCCCCCCC. The van der Waals surface area contributed by atoms with Crippen molar-refractivity contribution in [3.8, 4) is 0 Å². The summed E-state index contributed by atoms with van der Waals surface area (Å²) in [6, 6.07) is 0. The summed E-state index contributed by atoms with van der Waals surface area (Å²) in [4.78, 5) is 51.1. The van der Waals surface area contributed by atoms with Gasteiger partial charge in [0.2, 0.25) is 0 Å². The molecule has 1 heterocycles. The zero-order valence-corrected chi connectivity index (χ0v) is 47.5. The third-order valence-electron chi connectivity index (χ3n) is 13.5. The number of carbonyl (C=O) groups excluding carboxylic acids is 3. The lowest BCUT2D eigenvalue weighted by Gasteiger charge is -2.40. The highest BCUT2D eigenvalue weighted by Crippen LogP contribution is 2.26. The van der Waals surface area contributed by atoms with Crippen molar-refractivity contribution in [2.45, 2.75) is 302 Å². The van der Waals surface area contributed by atoms with Crippen molar-refractivity contribution in [2.24, 2.45) is 0 Å². The Morgan fingerprint density at radius 3 is 1.29 bits per heavy atom. The van der Waals surface area contributed by atoms with E-state index in [2.05, 4.69) is 81.5 Å². The Morgan fingerprint density at radius 2 is 0.827 bits per heavy atom. The Morgan fingerprint density at radius 1 is 0.440 bits per heavy atom. The van der Waals surface area contributed by atoms with Crippen LogP contribution in [0.2, 0.25) is 0 Å². The van der Waals surface area contributed by atoms with Crippen LogP contribution in [0.4, 0.5) is 0 Å². The van der Waals surface area contributed by atoms with E-state index >= 15 is 0 Å². The van der Waals surface area contributed by atoms with Gasteiger partial charge in [0.15, 0.2) is 24.6 Å². The predicted molar refractivity (Wildman–Crippen MR) is 303 cm³/mol. The maximum absolute atomic E-state index is 13.1. The van der Waals surface area contributed by atoms with Crippen LogP contribution in [0.15, 0.2) is 60.8 Å². The Hall–Kier alpha value is -3.58. The number of esters is 3. The summed E-state index contributed by atoms with van der Waals surface area (Å²) >= 11 is 0. The van der Waals surface area contributed by atoms with E-state index in [1.807, 2.05) is 0 Å². The number of hydrogen-bond acceptors (Lipinski definition) is 11. The van der Waals surface area contributed by atoms with E-state index in [-0.39, 0.29) is 25.9 Å². The van der Waals surface area contributed by atoms with Gasteiger partial charge in [-0.2, -0.15) is 0 Å². The number of aliphatic hydroxyl groups is 2. The lowest BCUT2D eigenvalue weighted by molar-refractivity contribution is -0.301. The normalized spacial score (nSPS) is 18.5. The van der Waals surface area contributed by atoms with Gasteiger partial charge >= 0.3 is 23.9 Å². The molecule has 75 heavy (non-hydrogen) atoms. The average molecular weight is 1060 g/mol. The van der Waals surface area contributed by atoms with Gasteiger partial charge in [-0.25, -0.2) is 4.79 Å². The summed E-state index contributed by atoms with van der Waals surface area (Å²) < 4.78 is 28.4. The molecule has 432 valence electrons. The lowest BCUT2D eigenvalue weighted by Crippen LogP contribution is -2.61. The van der Waals surface area contributed by atoms with Gasteiger partial charge in [0.25, 0.3) is 0 Å². The highest BCUT2D eigenvalue weighted by atomic mass is 16.7. The molecule has 1 saturated heterocycles. The van der Waals surface area contributed by atoms with Crippen molar-refractivity contribution in [1.29, 1.82) is 0 Å². The third-order valence-corrected chi connectivity index (χ3v) is 13.5. The lowest BCUT2D eigenvalue weighted by atomic mass is 9.98. The molecule has 1 rings (SSSR count). The highest BCUT2D eigenvalue weighted by molar-refractivity contribution is 5.74. The van der Waals surface area contributed by atoms with Crippen LogP contribution in [-0.2, 0) is 42.9 Å². The number of ether oxygens (including phenoxy) is 5. The van der Waals surface area contributed by atoms with Gasteiger partial charge in [-0.05, 0) is 83.5 Å². The molecule has 0 aliphatic carbocycles. The maximum Gasteiger partial charge on any atom is 0.335 e. The number of unbranched alkanes of at least 4 members (excludes halogenated alkanes) is 27. The molecule has 6 atom stereocenters. The average Bonchev–Trinajstić information content (AvgIpc) is 3.39. The molecular weight excluding hydrogens is 949 g/mol. The Bertz CT molecular complexity index is 1540. The van der Waals surface area contributed by atoms with Crippen LogP contribution >= 0.6 is 0 Å². The Kier molecular flexibility index (Phi) is 47.4. The highest BCUT2D eigenvalue weighted by Gasteiger charge is 2.50. The van der Waals surface area contributed by atoms with Crippen LogP contribution < -0.4 is 0 Å². The summed E-state index contributed by atoms with van der Waals surface area (Å²) in [5, 5.41) is 31.5. The monoisotopic (exact) mass is 1060 g/mol. The van der Waals surface area contributed by atoms with Crippen LogP contribution in [0.25, 0.3) is 0 Å². The number of aliphatic hydroxyl groups excluding tert-OH is 2. The molecule has 12 nitrogen and oxygen atoms in total. The smallest absolute Gasteiger partial charge is 0.335 e. The first kappa shape index (κ1) is 69.4. The number of aliphatic carboxylic acids is 1. The van der Waals surface area contributed by atoms with E-state index in [4.69, 9.17) is 23.7 Å². The molecule has 1 aliphatic heterocycles. The van der Waals surface area contributed by atoms with E-state index in [1.54, 1.807) is 0 Å². The molecule has 0 aromatic carbocycles. The van der Waals surface area contributed by atoms with Crippen LogP contribution in [0, 0.1) is 0 Å². The van der Waals surface area contributed by atoms with E-state index < -0.39 is 67.3 Å². The largest absolute Gasteiger partial charge is 0.479 e. The molecular formula is C63H108O12. The Balaban J connectivity index is 2.68. The van der Waals surface area contributed by atoms with Crippen molar-refractivity contribution in [3.05, 3.63) is 60.8 Å². The number of allylic oxidation sites excluding steroid dienone is 10. The molecule has 0 bridgehead atoms. The second kappa shape index (κ2) is 51.2. The van der Waals surface area contributed by atoms with Crippen molar-refractivity contribution in [1.82, 2.24) is 0 Å². The van der Waals surface area contributed by atoms with E-state index in [0.717, 1.165) is 128 Å². The van der Waals surface area contributed by atoms with Gasteiger partial charge in [-0.1, -0.05) is 223 Å². The van der Waals surface area contributed by atoms with E-state index in [0.29, 0.717) is 19.3 Å². The van der Waals surface area contributed by atoms with Crippen LogP contribution in [0.5, 0.6) is 0 Å². The number of rotatable bonds is 51. The molecule has 12 heteroatoms. The molecule has 3 N–H and O–H groups in total. The number of carboxylic acid groups (broad SMARTS) is 1. The molecule has 0 saturated carbocycles. The van der Waals surface area contributed by atoms with Crippen molar-refractivity contribution >= 4 is 23.9 Å². The predicted octanol–water partition coefficient (Wildman–Crippen LogP) is 15.6. The molecule has 0 aromatic rings. The zero-order valence-electron chi connectivity index (χ0n) is 47.5. The molecule has 0 radical (unpaired) electrons. The van der Waals surface area contributed by atoms with Gasteiger partial charge in [-0.3, -0.25) is 14.4 Å². The molecule has 1 aliphatic rings. The second-order valence-corrected chi connectivity index (χ2v) is 20.6. The first-order valence-electron chi connectivity index (χ1n) is 30.3. The quantitative estimate of drug-likeness (QED) is 0.0228. The molecule has 1 fully saturated rings. The number of carboxylic acids is 1. The topological polar surface area (TPSA) is 175 Å². The summed E-state index contributed by atoms with van der Waals surface area (Å²) in [7, 11) is 0. The fourth-order valence-electron chi connectivity index (χ4n) is 8.88. The first-order chi connectivity index (χ1) is 36.6. The van der Waals surface area contributed by atoms with Crippen LogP contribution in [-0.4, -0.2) is 89.2 Å². The standard InChI is InChI=1S/C63H108O12/c1-4-7-10-13-16-19-22-25-26-27-28-29-30-33-34-37-40-43-46-49-55(64)71-52-54(73-56(65)50-47-44-41-38-35-31-23-20-17-14-11-8-5-2)53-72-63-61(59(68)58(67)60(75-63)62(69)70)74-57(66)51-48-45-42-39-36-32-24-21-18-15-12-9-6-3/h11,14,16,19-20,23,25-26,28-29,54,58-61,63,67-68H,4-10,12-13,15,17-18,21-22,24,27,30-53H2,1-3H3,(H,69,70)/b14-11-,19-16-,23-20-,26-25-,29-28-. The van der Waals surface area contributed by atoms with Gasteiger partial charge in [0.05, 0.1) is 6.61 Å². The van der Waals surface area contributed by atoms with Gasteiger partial charge in [0.1, 0.15) is 18.8 Å². The van der Waals surface area contributed by atoms with Crippen LogP contribution in [0.1, 0.15) is 265 Å². The fraction of sp³-hybridized carbons (Fsp3) is 0.778. The zero-order chi connectivity index (χ0) is 54.7. The van der Waals surface area contributed by atoms with Crippen LogP contribution in [0.3, 0.4) is 0 Å². The fourth-order valence-corrected chi connectivity index (χ4v) is 8.88. The van der Waals surface area contributed by atoms with Crippen molar-refractivity contribution < 1.29 is 58.2 Å². The first-order valence-corrected chi connectivity index (χ1v) is 30.3. The number of hydrogen-bond donors (Lipinski definition) is 3. The van der Waals surface area contributed by atoms with Gasteiger partial charge < -0.3 is 39.0 Å². The summed E-state index contributed by atoms with van der Waals surface area (Å²) in [5.41, 5.74) is 0. The van der Waals surface area contributed by atoms with E-state index in [1.165, 1.54) is 77.0 Å².